The highest BCUT2D eigenvalue weighted by atomic mass is 16.1. The summed E-state index contributed by atoms with van der Waals surface area (Å²) >= 11 is 0. The van der Waals surface area contributed by atoms with Gasteiger partial charge in [0.15, 0.2) is 0 Å². The van der Waals surface area contributed by atoms with E-state index < -0.39 is 0 Å². The summed E-state index contributed by atoms with van der Waals surface area (Å²) in [5.41, 5.74) is 2.59. The van der Waals surface area contributed by atoms with E-state index in [4.69, 9.17) is 0 Å². The quantitative estimate of drug-likeness (QED) is 0.749. The number of amides is 1. The van der Waals surface area contributed by atoms with E-state index in [0.717, 1.165) is 18.5 Å². The van der Waals surface area contributed by atoms with Crippen LogP contribution in [0.4, 0.5) is 0 Å². The molecule has 0 radical (unpaired) electrons. The van der Waals surface area contributed by atoms with Crippen LogP contribution in [-0.4, -0.2) is 24.0 Å². The van der Waals surface area contributed by atoms with Gasteiger partial charge in [-0.05, 0) is 43.7 Å². The fourth-order valence-electron chi connectivity index (χ4n) is 2.38. The number of nitrogens with one attached hydrogen (secondary N) is 2. The van der Waals surface area contributed by atoms with Crippen molar-refractivity contribution in [2.75, 3.05) is 13.1 Å². The van der Waals surface area contributed by atoms with Gasteiger partial charge >= 0.3 is 0 Å². The molecule has 1 amide bonds. The summed E-state index contributed by atoms with van der Waals surface area (Å²) in [6.07, 6.45) is 11.9. The van der Waals surface area contributed by atoms with Crippen LogP contribution in [0.25, 0.3) is 0 Å². The zero-order valence-electron chi connectivity index (χ0n) is 11.9. The van der Waals surface area contributed by atoms with Crippen LogP contribution in [-0.2, 0) is 11.3 Å². The fraction of sp³-hybridized carbons (Fsp3) is 0.500. The van der Waals surface area contributed by atoms with Crippen molar-refractivity contribution in [2.45, 2.75) is 38.6 Å². The van der Waals surface area contributed by atoms with Crippen molar-refractivity contribution in [2.24, 2.45) is 0 Å². The first kappa shape index (κ1) is 14.7. The lowest BCUT2D eigenvalue weighted by molar-refractivity contribution is -0.120. The predicted molar refractivity (Wildman–Crippen MR) is 80.1 cm³/mol. The van der Waals surface area contributed by atoms with Crippen LogP contribution in [0.3, 0.4) is 0 Å². The van der Waals surface area contributed by atoms with Gasteiger partial charge in [0.1, 0.15) is 0 Å². The number of hydrogen-bond donors (Lipinski definition) is 2. The number of rotatable bonds is 7. The van der Waals surface area contributed by atoms with Gasteiger partial charge in [-0.15, -0.1) is 0 Å². The summed E-state index contributed by atoms with van der Waals surface area (Å²) in [5, 5.41) is 6.08. The topological polar surface area (TPSA) is 54.0 Å². The first-order valence-electron chi connectivity index (χ1n) is 7.39. The SMILES string of the molecule is O=C(CNCc1cccnc1)NCCC1=CCCCC1. The third kappa shape index (κ3) is 5.53. The Labute approximate surface area is 120 Å². The monoisotopic (exact) mass is 273 g/mol. The van der Waals surface area contributed by atoms with Gasteiger partial charge in [-0.2, -0.15) is 0 Å². The van der Waals surface area contributed by atoms with Gasteiger partial charge in [0.25, 0.3) is 0 Å². The Balaban J connectivity index is 1.55. The second-order valence-corrected chi connectivity index (χ2v) is 5.17. The third-order valence-electron chi connectivity index (χ3n) is 3.49. The van der Waals surface area contributed by atoms with E-state index in [1.54, 1.807) is 12.4 Å². The van der Waals surface area contributed by atoms with E-state index in [-0.39, 0.29) is 5.91 Å². The lowest BCUT2D eigenvalue weighted by Gasteiger charge is -2.13. The van der Waals surface area contributed by atoms with Gasteiger partial charge in [0, 0.05) is 25.5 Å². The molecule has 2 N–H and O–H groups in total. The molecule has 0 saturated carbocycles. The molecule has 1 aromatic heterocycles. The molecule has 0 aromatic carbocycles. The van der Waals surface area contributed by atoms with E-state index in [2.05, 4.69) is 21.7 Å². The van der Waals surface area contributed by atoms with Crippen LogP contribution in [0, 0.1) is 0 Å². The van der Waals surface area contributed by atoms with Gasteiger partial charge in [-0.25, -0.2) is 0 Å². The maximum atomic E-state index is 11.7. The number of allylic oxidation sites excluding steroid dienone is 1. The molecule has 0 saturated heterocycles. The Hall–Kier alpha value is -1.68. The van der Waals surface area contributed by atoms with Gasteiger partial charge < -0.3 is 10.6 Å². The Morgan fingerprint density at radius 3 is 3.05 bits per heavy atom. The van der Waals surface area contributed by atoms with Crippen molar-refractivity contribution in [3.05, 3.63) is 41.7 Å². The normalized spacial score (nSPS) is 14.7. The average molecular weight is 273 g/mol. The average Bonchev–Trinajstić information content (AvgIpc) is 2.49. The molecule has 1 aromatic rings. The van der Waals surface area contributed by atoms with Crippen molar-refractivity contribution >= 4 is 5.91 Å². The third-order valence-corrected chi connectivity index (χ3v) is 3.49. The highest BCUT2D eigenvalue weighted by Crippen LogP contribution is 2.19. The van der Waals surface area contributed by atoms with Crippen molar-refractivity contribution < 1.29 is 4.79 Å². The van der Waals surface area contributed by atoms with Gasteiger partial charge in [0.2, 0.25) is 5.91 Å². The molecule has 1 aliphatic rings. The molecule has 1 aliphatic carbocycles. The van der Waals surface area contributed by atoms with Crippen molar-refractivity contribution in [1.29, 1.82) is 0 Å². The molecule has 2 rings (SSSR count). The van der Waals surface area contributed by atoms with Crippen LogP contribution in [0.5, 0.6) is 0 Å². The van der Waals surface area contributed by atoms with Crippen molar-refractivity contribution in [3.63, 3.8) is 0 Å². The minimum absolute atomic E-state index is 0.0605. The van der Waals surface area contributed by atoms with E-state index in [9.17, 15) is 4.79 Å². The zero-order valence-corrected chi connectivity index (χ0v) is 11.9. The summed E-state index contributed by atoms with van der Waals surface area (Å²) in [7, 11) is 0. The number of nitrogens with zero attached hydrogens (tertiary/aromatic N) is 1. The summed E-state index contributed by atoms with van der Waals surface area (Å²) in [6.45, 7) is 1.78. The minimum Gasteiger partial charge on any atom is -0.355 e. The fourth-order valence-corrected chi connectivity index (χ4v) is 2.38. The molecule has 108 valence electrons. The molecule has 0 atom stereocenters. The molecule has 1 heterocycles. The van der Waals surface area contributed by atoms with Crippen LogP contribution in [0.1, 0.15) is 37.7 Å². The second kappa shape index (κ2) is 8.48. The summed E-state index contributed by atoms with van der Waals surface area (Å²) in [6, 6.07) is 3.89. The Kier molecular flexibility index (Phi) is 6.24. The standard InChI is InChI=1S/C16H23N3O/c20-16(13-18-12-15-7-4-9-17-11-15)19-10-8-14-5-2-1-3-6-14/h4-5,7,9,11,18H,1-3,6,8,10,12-13H2,(H,19,20). The summed E-state index contributed by atoms with van der Waals surface area (Å²) < 4.78 is 0. The van der Waals surface area contributed by atoms with E-state index in [1.165, 1.54) is 31.3 Å². The van der Waals surface area contributed by atoms with Gasteiger partial charge in [-0.1, -0.05) is 17.7 Å². The highest BCUT2D eigenvalue weighted by molar-refractivity contribution is 5.77. The molecule has 0 unspecified atom stereocenters. The maximum absolute atomic E-state index is 11.7. The molecule has 0 fully saturated rings. The van der Waals surface area contributed by atoms with Crippen LogP contribution in [0.15, 0.2) is 36.2 Å². The van der Waals surface area contributed by atoms with Gasteiger partial charge in [-0.3, -0.25) is 9.78 Å². The molecular formula is C16H23N3O. The number of carbonyl (C=O) groups is 1. The predicted octanol–water partition coefficient (Wildman–Crippen LogP) is 2.18. The second-order valence-electron chi connectivity index (χ2n) is 5.17. The Morgan fingerprint density at radius 1 is 1.35 bits per heavy atom. The van der Waals surface area contributed by atoms with Crippen LogP contribution < -0.4 is 10.6 Å². The van der Waals surface area contributed by atoms with Crippen LogP contribution >= 0.6 is 0 Å². The van der Waals surface area contributed by atoms with E-state index in [0.29, 0.717) is 13.1 Å². The molecule has 4 heteroatoms. The molecule has 0 spiro atoms. The minimum atomic E-state index is 0.0605. The molecule has 0 bridgehead atoms. The summed E-state index contributed by atoms with van der Waals surface area (Å²) in [5.74, 6) is 0.0605. The van der Waals surface area contributed by atoms with Crippen molar-refractivity contribution in [3.8, 4) is 0 Å². The number of pyridine rings is 1. The number of hydrogen-bond acceptors (Lipinski definition) is 3. The van der Waals surface area contributed by atoms with Crippen molar-refractivity contribution in [1.82, 2.24) is 15.6 Å². The summed E-state index contributed by atoms with van der Waals surface area (Å²) in [4.78, 5) is 15.7. The lowest BCUT2D eigenvalue weighted by atomic mass is 9.97. The lowest BCUT2D eigenvalue weighted by Crippen LogP contribution is -2.34. The van der Waals surface area contributed by atoms with E-state index in [1.807, 2.05) is 12.1 Å². The van der Waals surface area contributed by atoms with Gasteiger partial charge in [0.05, 0.1) is 6.54 Å². The van der Waals surface area contributed by atoms with E-state index >= 15 is 0 Å². The highest BCUT2D eigenvalue weighted by Gasteiger charge is 2.05. The number of aromatic nitrogens is 1. The Bertz CT molecular complexity index is 442. The smallest absolute Gasteiger partial charge is 0.233 e. The zero-order chi connectivity index (χ0) is 14.0. The number of carbonyl (C=O) groups excluding carboxylic acids is 1. The molecule has 0 aliphatic heterocycles. The molecule has 20 heavy (non-hydrogen) atoms. The first-order valence-corrected chi connectivity index (χ1v) is 7.39. The largest absolute Gasteiger partial charge is 0.355 e. The maximum Gasteiger partial charge on any atom is 0.233 e. The molecule has 4 nitrogen and oxygen atoms in total. The first-order chi connectivity index (χ1) is 9.84. The Morgan fingerprint density at radius 2 is 2.30 bits per heavy atom. The molecular weight excluding hydrogens is 250 g/mol. The van der Waals surface area contributed by atoms with Crippen LogP contribution in [0.2, 0.25) is 0 Å².